The van der Waals surface area contributed by atoms with Crippen molar-refractivity contribution in [1.82, 2.24) is 0 Å². The first-order valence-electron chi connectivity index (χ1n) is 2.06. The first-order chi connectivity index (χ1) is 3.63. The van der Waals surface area contributed by atoms with Crippen molar-refractivity contribution < 1.29 is 25.5 Å². The average Bonchev–Trinajstić information content (AvgIpc) is 1.61. The van der Waals surface area contributed by atoms with Crippen LogP contribution >= 0.6 is 0 Å². The van der Waals surface area contributed by atoms with Crippen LogP contribution in [0, 0.1) is 0 Å². The summed E-state index contributed by atoms with van der Waals surface area (Å²) in [6.07, 6.45) is -0.593. The molecule has 0 fully saturated rings. The molecule has 0 saturated heterocycles. The Hall–Kier alpha value is 1.46. The van der Waals surface area contributed by atoms with Crippen LogP contribution in [0.15, 0.2) is 0 Å². The molecule has 0 aliphatic carbocycles. The van der Waals surface area contributed by atoms with Crippen LogP contribution in [0.2, 0.25) is 0 Å². The van der Waals surface area contributed by atoms with Gasteiger partial charge in [0.2, 0.25) is 0 Å². The summed E-state index contributed by atoms with van der Waals surface area (Å²) in [4.78, 5) is 19.3. The van der Waals surface area contributed by atoms with Gasteiger partial charge < -0.3 is 15.9 Å². The van der Waals surface area contributed by atoms with Crippen LogP contribution in [0.4, 0.5) is 0 Å². The Morgan fingerprint density at radius 1 is 1.00 bits per heavy atom. The van der Waals surface area contributed by atoms with Gasteiger partial charge in [-0.25, -0.2) is 0 Å². The second-order valence-corrected chi connectivity index (χ2v) is 1.29. The minimum absolute atomic E-state index is 0. The quantitative estimate of drug-likeness (QED) is 0.612. The van der Waals surface area contributed by atoms with Crippen LogP contribution < -0.4 is 0 Å². The third kappa shape index (κ3) is 16.2. The molecule has 0 rings (SSSR count). The Labute approximate surface area is 124 Å². The number of rotatable bonds is 3. The number of hydrogen-bond donors (Lipinski definition) is 2. The van der Waals surface area contributed by atoms with E-state index in [0.29, 0.717) is 0 Å². The largest absolute Gasteiger partial charge is 2.00 e. The minimum atomic E-state index is -1.08. The molecule has 2 N–H and O–H groups in total. The molecular formula is C4H10Ca2O4. The Morgan fingerprint density at radius 2 is 1.20 bits per heavy atom. The third-order valence-electron chi connectivity index (χ3n) is 0.553. The zero-order valence-electron chi connectivity index (χ0n) is 9.54. The van der Waals surface area contributed by atoms with Crippen LogP contribution in [-0.2, 0) is 9.59 Å². The van der Waals surface area contributed by atoms with Crippen molar-refractivity contribution in [3.8, 4) is 0 Å². The van der Waals surface area contributed by atoms with Gasteiger partial charge in [-0.2, -0.15) is 0 Å². The summed E-state index contributed by atoms with van der Waals surface area (Å²) in [6, 6.07) is 0. The number of carboxylic acids is 2. The summed E-state index contributed by atoms with van der Waals surface area (Å²) in [5, 5.41) is 15.8. The van der Waals surface area contributed by atoms with Crippen molar-refractivity contribution in [2.45, 2.75) is 12.8 Å². The second-order valence-electron chi connectivity index (χ2n) is 1.29. The predicted octanol–water partition coefficient (Wildman–Crippen LogP) is -0.376. The molecule has 0 spiro atoms. The fraction of sp³-hybridized carbons (Fsp3) is 0.500. The van der Waals surface area contributed by atoms with Crippen molar-refractivity contribution in [2.75, 3.05) is 0 Å². The molecule has 0 aliphatic rings. The zero-order valence-corrected chi connectivity index (χ0v) is 9.96. The van der Waals surface area contributed by atoms with Gasteiger partial charge in [-0.1, -0.05) is 0 Å². The summed E-state index contributed by atoms with van der Waals surface area (Å²) in [6.45, 7) is 0. The minimum Gasteiger partial charge on any atom is -1.00 e. The second kappa shape index (κ2) is 10.5. The molecule has 0 aliphatic heterocycles. The molecule has 0 saturated carbocycles. The number of carbonyl (C=O) groups is 2. The van der Waals surface area contributed by atoms with Gasteiger partial charge in [0.15, 0.2) is 0 Å². The maximum absolute atomic E-state index is 9.64. The fourth-order valence-corrected chi connectivity index (χ4v) is 0.214. The van der Waals surface area contributed by atoms with Gasteiger partial charge in [0.1, 0.15) is 0 Å². The molecule has 0 unspecified atom stereocenters. The van der Waals surface area contributed by atoms with Crippen molar-refractivity contribution in [1.29, 1.82) is 0 Å². The molecule has 0 atom stereocenters. The third-order valence-corrected chi connectivity index (χ3v) is 0.553. The normalized spacial score (nSPS) is 6.80. The summed E-state index contributed by atoms with van der Waals surface area (Å²) in [7, 11) is 0. The van der Waals surface area contributed by atoms with Gasteiger partial charge in [0, 0.05) is 0 Å². The summed E-state index contributed by atoms with van der Waals surface area (Å²) >= 11 is 0. The molecule has 6 heteroatoms. The summed E-state index contributed by atoms with van der Waals surface area (Å²) < 4.78 is 0. The van der Waals surface area contributed by atoms with Crippen LogP contribution in [0.3, 0.4) is 0 Å². The van der Waals surface area contributed by atoms with E-state index in [0.717, 1.165) is 0 Å². The zero-order chi connectivity index (χ0) is 6.57. The van der Waals surface area contributed by atoms with Gasteiger partial charge in [0.05, 0.1) is 12.8 Å². The van der Waals surface area contributed by atoms with E-state index in [1.54, 1.807) is 0 Å². The first-order valence-corrected chi connectivity index (χ1v) is 2.06. The van der Waals surface area contributed by atoms with E-state index < -0.39 is 11.9 Å². The van der Waals surface area contributed by atoms with Gasteiger partial charge in [-0.15, -0.1) is 0 Å². The molecule has 0 aromatic rings. The Balaban J connectivity index is -0.0000000163. The van der Waals surface area contributed by atoms with Crippen molar-refractivity contribution in [2.24, 2.45) is 0 Å². The Kier molecular flexibility index (Phi) is 18.3. The van der Waals surface area contributed by atoms with Crippen molar-refractivity contribution in [3.63, 3.8) is 0 Å². The van der Waals surface area contributed by atoms with Crippen LogP contribution in [-0.4, -0.2) is 97.6 Å². The smallest absolute Gasteiger partial charge is 1.00 e. The molecular weight excluding hydrogens is 192 g/mol. The molecule has 4 nitrogen and oxygen atoms in total. The van der Waals surface area contributed by atoms with E-state index in [4.69, 9.17) is 10.2 Å². The number of carboxylic acid groups (broad SMARTS) is 2. The standard InChI is InChI=1S/C4H6O4.2Ca.4H/c5-3(6)1-2-4(7)8;;;;;;/h1-2H2,(H,5,6)(H,7,8);;;;;;/q;2*+2;4*-1. The average molecular weight is 202 g/mol. The maximum Gasteiger partial charge on any atom is 2.00 e. The Bertz CT molecular complexity index is 112. The van der Waals surface area contributed by atoms with Gasteiger partial charge in [-0.05, 0) is 0 Å². The van der Waals surface area contributed by atoms with Crippen LogP contribution in [0.1, 0.15) is 18.5 Å². The topological polar surface area (TPSA) is 74.6 Å². The van der Waals surface area contributed by atoms with E-state index in [1.165, 1.54) is 0 Å². The molecule has 0 aromatic heterocycles. The van der Waals surface area contributed by atoms with E-state index in [-0.39, 0.29) is 94.0 Å². The van der Waals surface area contributed by atoms with Gasteiger partial charge in [0.25, 0.3) is 0 Å². The van der Waals surface area contributed by atoms with E-state index in [1.807, 2.05) is 0 Å². The first kappa shape index (κ1) is 17.5. The monoisotopic (exact) mass is 202 g/mol. The fourth-order valence-electron chi connectivity index (χ4n) is 0.214. The number of hydrogen-bond acceptors (Lipinski definition) is 2. The van der Waals surface area contributed by atoms with Crippen molar-refractivity contribution in [3.05, 3.63) is 0 Å². The van der Waals surface area contributed by atoms with E-state index in [2.05, 4.69) is 0 Å². The molecule has 0 bridgehead atoms. The van der Waals surface area contributed by atoms with Crippen LogP contribution in [0.25, 0.3) is 0 Å². The maximum atomic E-state index is 9.64. The molecule has 54 valence electrons. The van der Waals surface area contributed by atoms with Gasteiger partial charge >= 0.3 is 87.4 Å². The van der Waals surface area contributed by atoms with Crippen molar-refractivity contribution >= 4 is 87.4 Å². The van der Waals surface area contributed by atoms with E-state index in [9.17, 15) is 9.59 Å². The van der Waals surface area contributed by atoms with Gasteiger partial charge in [-0.3, -0.25) is 9.59 Å². The molecule has 10 heavy (non-hydrogen) atoms. The Morgan fingerprint density at radius 3 is 1.30 bits per heavy atom. The molecule has 0 aromatic carbocycles. The SMILES string of the molecule is O=C(O)CCC(=O)O.[Ca+2].[Ca+2].[H-].[H-].[H-].[H-]. The molecule has 0 heterocycles. The molecule has 0 amide bonds. The molecule has 0 radical (unpaired) electrons. The summed E-state index contributed by atoms with van der Waals surface area (Å²) in [5.41, 5.74) is 0. The summed E-state index contributed by atoms with van der Waals surface area (Å²) in [5.74, 6) is -2.15. The number of aliphatic carboxylic acids is 2. The van der Waals surface area contributed by atoms with Crippen LogP contribution in [0.5, 0.6) is 0 Å². The predicted molar refractivity (Wildman–Crippen MR) is 40.5 cm³/mol. The van der Waals surface area contributed by atoms with E-state index >= 15 is 0 Å².